The zero-order valence-corrected chi connectivity index (χ0v) is 10.6. The number of rotatable bonds is 6. The molecule has 4 heteroatoms. The summed E-state index contributed by atoms with van der Waals surface area (Å²) in [6, 6.07) is 0. The minimum absolute atomic E-state index is 0.331. The molecule has 0 amide bonds. The van der Waals surface area contributed by atoms with E-state index in [1.165, 1.54) is 12.8 Å². The zero-order chi connectivity index (χ0) is 11.3. The number of nitrogens with two attached hydrogens (primary N) is 1. The average Bonchev–Trinajstić information content (AvgIpc) is 2.66. The van der Waals surface area contributed by atoms with E-state index in [4.69, 9.17) is 10.5 Å². The fourth-order valence-corrected chi connectivity index (χ4v) is 3.09. The molecule has 3 nitrogen and oxygen atoms in total. The van der Waals surface area contributed by atoms with Crippen LogP contribution in [0, 0.1) is 0 Å². The summed E-state index contributed by atoms with van der Waals surface area (Å²) in [7, 11) is 0. The summed E-state index contributed by atoms with van der Waals surface area (Å²) in [5.41, 5.74) is 4.77. The van der Waals surface area contributed by atoms with Crippen LogP contribution in [0.4, 0.5) is 0 Å². The normalized spacial score (nSPS) is 27.6. The average molecular weight is 233 g/mol. The van der Waals surface area contributed by atoms with E-state index in [1.807, 2.05) is 11.8 Å². The Kier molecular flexibility index (Phi) is 5.39. The van der Waals surface area contributed by atoms with Crippen molar-refractivity contribution in [3.8, 4) is 0 Å². The largest absolute Gasteiger partial charge is 0.389 e. The monoisotopic (exact) mass is 233 g/mol. The fourth-order valence-electron chi connectivity index (χ4n) is 1.81. The summed E-state index contributed by atoms with van der Waals surface area (Å²) in [6.07, 6.45) is 3.56. The van der Waals surface area contributed by atoms with E-state index < -0.39 is 5.60 Å². The van der Waals surface area contributed by atoms with E-state index in [0.717, 1.165) is 18.8 Å². The molecule has 3 N–H and O–H groups in total. The lowest BCUT2D eigenvalue weighted by Gasteiger charge is -2.25. The number of ether oxygens (including phenoxy) is 1. The lowest BCUT2D eigenvalue weighted by molar-refractivity contribution is 0.0607. The molecule has 1 aliphatic heterocycles. The summed E-state index contributed by atoms with van der Waals surface area (Å²) in [6.45, 7) is 5.19. The van der Waals surface area contributed by atoms with Gasteiger partial charge in [-0.25, -0.2) is 0 Å². The number of thioether (sulfide) groups is 1. The number of aliphatic hydroxyl groups is 1. The van der Waals surface area contributed by atoms with Crippen LogP contribution in [0.15, 0.2) is 0 Å². The van der Waals surface area contributed by atoms with Gasteiger partial charge in [-0.05, 0) is 26.2 Å². The molecule has 0 aromatic carbocycles. The first kappa shape index (κ1) is 13.3. The Morgan fingerprint density at radius 2 is 2.40 bits per heavy atom. The van der Waals surface area contributed by atoms with E-state index in [2.05, 4.69) is 6.92 Å². The summed E-state index contributed by atoms with van der Waals surface area (Å²) in [5, 5.41) is 10.3. The second-order valence-electron chi connectivity index (χ2n) is 4.68. The van der Waals surface area contributed by atoms with Crippen molar-refractivity contribution in [2.45, 2.75) is 50.1 Å². The van der Waals surface area contributed by atoms with E-state index in [9.17, 15) is 5.11 Å². The molecule has 15 heavy (non-hydrogen) atoms. The Morgan fingerprint density at radius 3 is 2.93 bits per heavy atom. The molecule has 0 spiro atoms. The molecule has 1 saturated heterocycles. The zero-order valence-electron chi connectivity index (χ0n) is 9.74. The van der Waals surface area contributed by atoms with E-state index in [1.54, 1.807) is 6.92 Å². The molecular formula is C11H23NO2S. The van der Waals surface area contributed by atoms with E-state index in [0.29, 0.717) is 17.9 Å². The van der Waals surface area contributed by atoms with Crippen molar-refractivity contribution >= 4 is 11.8 Å². The Labute approximate surface area is 96.8 Å². The quantitative estimate of drug-likeness (QED) is 0.728. The van der Waals surface area contributed by atoms with Gasteiger partial charge < -0.3 is 15.6 Å². The third-order valence-corrected chi connectivity index (χ3v) is 4.06. The van der Waals surface area contributed by atoms with Crippen LogP contribution in [0.25, 0.3) is 0 Å². The van der Waals surface area contributed by atoms with Crippen molar-refractivity contribution < 1.29 is 9.84 Å². The third-order valence-electron chi connectivity index (χ3n) is 2.76. The SMILES string of the molecule is CC(CC(C)(O)CN)SCC1CCCO1. The first-order chi connectivity index (χ1) is 7.03. The van der Waals surface area contributed by atoms with Crippen molar-refractivity contribution in [3.63, 3.8) is 0 Å². The summed E-state index contributed by atoms with van der Waals surface area (Å²) >= 11 is 1.88. The highest BCUT2D eigenvalue weighted by Crippen LogP contribution is 2.25. The first-order valence-electron chi connectivity index (χ1n) is 5.69. The highest BCUT2D eigenvalue weighted by Gasteiger charge is 2.23. The molecule has 0 aromatic rings. The van der Waals surface area contributed by atoms with E-state index in [-0.39, 0.29) is 0 Å². The summed E-state index contributed by atoms with van der Waals surface area (Å²) in [5.74, 6) is 1.04. The highest BCUT2D eigenvalue weighted by atomic mass is 32.2. The second-order valence-corrected chi connectivity index (χ2v) is 6.16. The molecule has 0 radical (unpaired) electrons. The van der Waals surface area contributed by atoms with Gasteiger partial charge in [0.1, 0.15) is 0 Å². The predicted octanol–water partition coefficient (Wildman–Crippen LogP) is 1.39. The minimum atomic E-state index is -0.719. The molecule has 90 valence electrons. The topological polar surface area (TPSA) is 55.5 Å². The molecule has 0 saturated carbocycles. The van der Waals surface area contributed by atoms with E-state index >= 15 is 0 Å². The predicted molar refractivity (Wildman–Crippen MR) is 65.2 cm³/mol. The van der Waals surface area contributed by atoms with Crippen LogP contribution in [0.2, 0.25) is 0 Å². The maximum absolute atomic E-state index is 9.82. The Hall–Kier alpha value is 0.230. The summed E-state index contributed by atoms with van der Waals surface area (Å²) < 4.78 is 5.55. The molecule has 1 fully saturated rings. The summed E-state index contributed by atoms with van der Waals surface area (Å²) in [4.78, 5) is 0. The lowest BCUT2D eigenvalue weighted by atomic mass is 10.0. The Balaban J connectivity index is 2.15. The molecule has 1 rings (SSSR count). The van der Waals surface area contributed by atoms with Crippen molar-refractivity contribution in [2.75, 3.05) is 18.9 Å². The maximum atomic E-state index is 9.82. The Bertz CT molecular complexity index is 181. The molecule has 1 heterocycles. The van der Waals surface area contributed by atoms with Gasteiger partial charge in [0.25, 0.3) is 0 Å². The molecular weight excluding hydrogens is 210 g/mol. The maximum Gasteiger partial charge on any atom is 0.0751 e. The standard InChI is InChI=1S/C11H23NO2S/c1-9(6-11(2,13)8-12)15-7-10-4-3-5-14-10/h9-10,13H,3-8,12H2,1-2H3. The second kappa shape index (κ2) is 6.09. The fraction of sp³-hybridized carbons (Fsp3) is 1.00. The van der Waals surface area contributed by atoms with Gasteiger partial charge in [-0.3, -0.25) is 0 Å². The number of hydrogen-bond donors (Lipinski definition) is 2. The van der Waals surface area contributed by atoms with Crippen LogP contribution in [0.3, 0.4) is 0 Å². The molecule has 3 unspecified atom stereocenters. The van der Waals surface area contributed by atoms with Gasteiger partial charge in [0.2, 0.25) is 0 Å². The van der Waals surface area contributed by atoms with Crippen molar-refractivity contribution in [3.05, 3.63) is 0 Å². The van der Waals surface area contributed by atoms with Gasteiger partial charge in [0, 0.05) is 24.2 Å². The first-order valence-corrected chi connectivity index (χ1v) is 6.74. The van der Waals surface area contributed by atoms with Crippen LogP contribution in [-0.4, -0.2) is 41.0 Å². The van der Waals surface area contributed by atoms with Crippen LogP contribution in [0.5, 0.6) is 0 Å². The van der Waals surface area contributed by atoms with Gasteiger partial charge in [-0.1, -0.05) is 6.92 Å². The van der Waals surface area contributed by atoms with Gasteiger partial charge in [-0.15, -0.1) is 0 Å². The van der Waals surface area contributed by atoms with Crippen LogP contribution < -0.4 is 5.73 Å². The van der Waals surface area contributed by atoms with Gasteiger partial charge in [0.15, 0.2) is 0 Å². The van der Waals surface area contributed by atoms with Crippen molar-refractivity contribution in [1.82, 2.24) is 0 Å². The van der Waals surface area contributed by atoms with Gasteiger partial charge in [-0.2, -0.15) is 11.8 Å². The number of hydrogen-bond acceptors (Lipinski definition) is 4. The van der Waals surface area contributed by atoms with Gasteiger partial charge in [0.05, 0.1) is 11.7 Å². The third kappa shape index (κ3) is 5.20. The minimum Gasteiger partial charge on any atom is -0.389 e. The Morgan fingerprint density at radius 1 is 1.67 bits per heavy atom. The van der Waals surface area contributed by atoms with Crippen LogP contribution in [0.1, 0.15) is 33.1 Å². The van der Waals surface area contributed by atoms with Crippen LogP contribution in [-0.2, 0) is 4.74 Å². The smallest absolute Gasteiger partial charge is 0.0751 e. The molecule has 1 aliphatic rings. The molecule has 0 bridgehead atoms. The molecule has 3 atom stereocenters. The molecule has 0 aliphatic carbocycles. The van der Waals surface area contributed by atoms with Crippen molar-refractivity contribution in [2.24, 2.45) is 5.73 Å². The highest BCUT2D eigenvalue weighted by molar-refractivity contribution is 7.99. The lowest BCUT2D eigenvalue weighted by Crippen LogP contribution is -2.36. The van der Waals surface area contributed by atoms with Gasteiger partial charge >= 0.3 is 0 Å². The van der Waals surface area contributed by atoms with Crippen LogP contribution >= 0.6 is 11.8 Å². The van der Waals surface area contributed by atoms with Crippen molar-refractivity contribution in [1.29, 1.82) is 0 Å². The molecule has 0 aromatic heterocycles.